The highest BCUT2D eigenvalue weighted by molar-refractivity contribution is 6.32. The van der Waals surface area contributed by atoms with E-state index in [1.54, 1.807) is 0 Å². The molecule has 0 radical (unpaired) electrons. The molecule has 30 aromatic rings. The molecule has 0 unspecified atom stereocenters. The van der Waals surface area contributed by atoms with Crippen molar-refractivity contribution in [3.8, 4) is 89.0 Å². The lowest BCUT2D eigenvalue weighted by Gasteiger charge is -2.20. The van der Waals surface area contributed by atoms with Crippen LogP contribution in [0.4, 0.5) is 0 Å². The zero-order valence-corrected chi connectivity index (χ0v) is 76.5. The minimum absolute atomic E-state index is 1.25. The minimum Gasteiger partial charge on any atom is -0.0616 e. The molecule has 0 saturated heterocycles. The number of fused-ring (bicyclic) bond motifs is 27. The maximum atomic E-state index is 2.40. The van der Waals surface area contributed by atoms with Crippen LogP contribution in [0.3, 0.4) is 0 Å². The largest absolute Gasteiger partial charge is 0.0616 e. The second-order valence-electron chi connectivity index (χ2n) is 38.1. The summed E-state index contributed by atoms with van der Waals surface area (Å²) in [6.07, 6.45) is 0. The van der Waals surface area contributed by atoms with Crippen LogP contribution in [0.25, 0.3) is 304 Å². The first-order chi connectivity index (χ1) is 69.5. The predicted octanol–water partition coefficient (Wildman–Crippen LogP) is 39.8. The number of hydrogen-bond acceptors (Lipinski definition) is 0. The normalized spacial score (nSPS) is 12.0. The summed E-state index contributed by atoms with van der Waals surface area (Å²) in [7, 11) is 0. The Kier molecular flexibility index (Phi) is 17.9. The fourth-order valence-electron chi connectivity index (χ4n) is 24.5. The van der Waals surface area contributed by atoms with Gasteiger partial charge in [-0.2, -0.15) is 0 Å². The Balaban J connectivity index is 0.000000101. The standard InChI is InChI=1S/C48H28.2C46H28/c1-2-12-30-28-45-31(27-29(30)11-1)23-24-35-34(45)19-9-20-37(35)46-38-15-5-7-17-40(38)48(41-18-8-6-16-39(41)46)44-26-25-43-33-14-4-3-13-32(33)36-21-10-22-42(44)47(36)43;1-2-12-31-28-44-33(26-30(31)11-1)22-25-38-37(44)18-9-19-39(38)46-42-16-7-5-14-40(42)45(41-15-6-8-17-43(41)46)34-23-24-36-32(27-34)21-20-29-10-3-4-13-35(29)36;1-2-12-32-27-44-33(26-31(32)11-1)24-25-37-36(44)18-9-19-38(37)46-41-16-7-5-14-39(41)45(40-15-6-8-17-42(40)46)34-23-22-30-21-20-29-10-3-4-13-35(29)43(30)28-34/h1-28H;2*1-28H. The van der Waals surface area contributed by atoms with E-state index in [1.807, 2.05) is 0 Å². The molecule has 0 bridgehead atoms. The average Bonchev–Trinajstić information content (AvgIpc) is 1.11. The zero-order valence-electron chi connectivity index (χ0n) is 76.5. The first kappa shape index (κ1) is 79.2. The molecule has 0 N–H and O–H groups in total. The van der Waals surface area contributed by atoms with Crippen molar-refractivity contribution in [3.05, 3.63) is 510 Å². The summed E-state index contributed by atoms with van der Waals surface area (Å²) in [5.41, 5.74) is 20.7. The van der Waals surface area contributed by atoms with Gasteiger partial charge in [0, 0.05) is 0 Å². The van der Waals surface area contributed by atoms with Gasteiger partial charge in [-0.15, -0.1) is 0 Å². The van der Waals surface area contributed by atoms with Crippen LogP contribution in [0.5, 0.6) is 0 Å². The Morgan fingerprint density at radius 3 is 0.664 bits per heavy atom. The number of rotatable bonds is 6. The van der Waals surface area contributed by atoms with E-state index in [2.05, 4.69) is 510 Å². The number of hydrogen-bond donors (Lipinski definition) is 0. The summed E-state index contributed by atoms with van der Waals surface area (Å²) in [6.45, 7) is 0. The van der Waals surface area contributed by atoms with Crippen molar-refractivity contribution in [2.24, 2.45) is 0 Å². The topological polar surface area (TPSA) is 0 Å². The van der Waals surface area contributed by atoms with Gasteiger partial charge in [0.1, 0.15) is 0 Å². The van der Waals surface area contributed by atoms with Crippen LogP contribution in [0, 0.1) is 0 Å². The Morgan fingerprint density at radius 2 is 0.286 bits per heavy atom. The van der Waals surface area contributed by atoms with E-state index >= 15 is 0 Å². The van der Waals surface area contributed by atoms with Gasteiger partial charge >= 0.3 is 0 Å². The summed E-state index contributed by atoms with van der Waals surface area (Å²) in [5.74, 6) is 0. The molecule has 0 fully saturated rings. The van der Waals surface area contributed by atoms with E-state index in [-0.39, 0.29) is 0 Å². The highest BCUT2D eigenvalue weighted by Crippen LogP contribution is 2.55. The van der Waals surface area contributed by atoms with Crippen LogP contribution < -0.4 is 0 Å². The molecule has 1 aliphatic rings. The molecule has 0 spiro atoms. The second-order valence-corrected chi connectivity index (χ2v) is 38.1. The fraction of sp³-hybridized carbons (Fsp3) is 0. The molecule has 31 rings (SSSR count). The van der Waals surface area contributed by atoms with Gasteiger partial charge < -0.3 is 0 Å². The molecule has 644 valence electrons. The van der Waals surface area contributed by atoms with E-state index in [4.69, 9.17) is 0 Å². The van der Waals surface area contributed by atoms with Gasteiger partial charge in [-0.05, 0) is 353 Å². The molecule has 0 aliphatic heterocycles. The van der Waals surface area contributed by atoms with Crippen molar-refractivity contribution >= 4 is 215 Å². The summed E-state index contributed by atoms with van der Waals surface area (Å²) in [5, 5.41) is 51.4. The third-order valence-corrected chi connectivity index (χ3v) is 30.7. The molecule has 1 aliphatic carbocycles. The third kappa shape index (κ3) is 12.4. The molecule has 0 aromatic heterocycles. The molecular formula is C140H84. The molecule has 0 amide bonds. The molecular weight excluding hydrogens is 1680 g/mol. The molecule has 0 atom stereocenters. The van der Waals surface area contributed by atoms with Crippen LogP contribution in [0.1, 0.15) is 0 Å². The summed E-state index contributed by atoms with van der Waals surface area (Å²) < 4.78 is 0. The van der Waals surface area contributed by atoms with Crippen molar-refractivity contribution in [2.45, 2.75) is 0 Å². The first-order valence-corrected chi connectivity index (χ1v) is 48.8. The molecule has 0 heterocycles. The van der Waals surface area contributed by atoms with Crippen LogP contribution in [-0.2, 0) is 0 Å². The maximum absolute atomic E-state index is 2.40. The van der Waals surface area contributed by atoms with Gasteiger partial charge in [0.15, 0.2) is 0 Å². The highest BCUT2D eigenvalue weighted by Gasteiger charge is 2.28. The Morgan fingerprint density at radius 1 is 0.0786 bits per heavy atom. The van der Waals surface area contributed by atoms with Crippen LogP contribution >= 0.6 is 0 Å². The highest BCUT2D eigenvalue weighted by atomic mass is 14.3. The van der Waals surface area contributed by atoms with E-state index in [0.717, 1.165) is 0 Å². The molecule has 30 aromatic carbocycles. The van der Waals surface area contributed by atoms with Gasteiger partial charge in [0.05, 0.1) is 0 Å². The van der Waals surface area contributed by atoms with E-state index in [1.165, 1.54) is 304 Å². The summed E-state index contributed by atoms with van der Waals surface area (Å²) in [6, 6.07) is 189. The number of benzene rings is 30. The quantitative estimate of drug-likeness (QED) is 0.115. The SMILES string of the molecule is c1ccc2c(c1)-c1cccc3c(-c4c5ccccc5c(-c5cccc6c5ccc5cc7ccccc7cc56)c5ccccc45)ccc-2c13.c1ccc2cc3c(ccc4c(-c5c6ccccc6c(-c6ccc7c(ccc8ccccc87)c6)c6ccccc56)cccc43)cc2c1.c1ccc2cc3c(ccc4c(-c5c6ccccc6c(-c6ccc7ccc8ccccc8c7c6)c6ccccc56)cccc43)cc2c1. The van der Waals surface area contributed by atoms with Gasteiger partial charge in [-0.25, -0.2) is 0 Å². The van der Waals surface area contributed by atoms with Crippen molar-refractivity contribution in [1.82, 2.24) is 0 Å². The van der Waals surface area contributed by atoms with Gasteiger partial charge in [0.2, 0.25) is 0 Å². The fourth-order valence-corrected chi connectivity index (χ4v) is 24.5. The van der Waals surface area contributed by atoms with Crippen molar-refractivity contribution < 1.29 is 0 Å². The Labute approximate surface area is 808 Å². The van der Waals surface area contributed by atoms with Gasteiger partial charge in [-0.3, -0.25) is 0 Å². The van der Waals surface area contributed by atoms with Crippen molar-refractivity contribution in [3.63, 3.8) is 0 Å². The van der Waals surface area contributed by atoms with Crippen molar-refractivity contribution in [2.75, 3.05) is 0 Å². The maximum Gasteiger partial charge on any atom is -0.00201 e. The monoisotopic (exact) mass is 1760 g/mol. The molecule has 0 nitrogen and oxygen atoms in total. The lowest BCUT2D eigenvalue weighted by molar-refractivity contribution is 1.69. The van der Waals surface area contributed by atoms with Crippen LogP contribution in [0.2, 0.25) is 0 Å². The minimum atomic E-state index is 1.25. The molecule has 0 saturated carbocycles. The van der Waals surface area contributed by atoms with Gasteiger partial charge in [0.25, 0.3) is 0 Å². The predicted molar refractivity (Wildman–Crippen MR) is 606 cm³/mol. The Hall–Kier alpha value is -18.2. The lowest BCUT2D eigenvalue weighted by Crippen LogP contribution is -1.93. The van der Waals surface area contributed by atoms with E-state index in [0.29, 0.717) is 0 Å². The zero-order chi connectivity index (χ0) is 91.7. The van der Waals surface area contributed by atoms with Crippen molar-refractivity contribution in [1.29, 1.82) is 0 Å². The first-order valence-electron chi connectivity index (χ1n) is 48.8. The average molecular weight is 1770 g/mol. The second kappa shape index (κ2) is 31.7. The molecule has 140 heavy (non-hydrogen) atoms. The van der Waals surface area contributed by atoms with Gasteiger partial charge in [-0.1, -0.05) is 461 Å². The lowest BCUT2D eigenvalue weighted by atomic mass is 9.83. The van der Waals surface area contributed by atoms with E-state index < -0.39 is 0 Å². The summed E-state index contributed by atoms with van der Waals surface area (Å²) >= 11 is 0. The summed E-state index contributed by atoms with van der Waals surface area (Å²) in [4.78, 5) is 0. The van der Waals surface area contributed by atoms with E-state index in [9.17, 15) is 0 Å². The van der Waals surface area contributed by atoms with Crippen LogP contribution in [-0.4, -0.2) is 0 Å². The van der Waals surface area contributed by atoms with Crippen LogP contribution in [0.15, 0.2) is 510 Å². The Bertz CT molecular complexity index is 10400. The molecule has 0 heteroatoms. The third-order valence-electron chi connectivity index (χ3n) is 30.7. The smallest absolute Gasteiger partial charge is 0.00201 e.